The number of amides is 1. The van der Waals surface area contributed by atoms with Crippen molar-refractivity contribution in [3.8, 4) is 5.75 Å². The number of carbonyl (C=O) groups is 1. The molecule has 1 aliphatic rings. The Morgan fingerprint density at radius 3 is 2.65 bits per heavy atom. The van der Waals surface area contributed by atoms with Gasteiger partial charge in [0.15, 0.2) is 0 Å². The van der Waals surface area contributed by atoms with Gasteiger partial charge in [0.25, 0.3) is 0 Å². The Labute approximate surface area is 190 Å². The molecular formula is C25H36N2O3S. The minimum Gasteiger partial charge on any atom is -0.491 e. The van der Waals surface area contributed by atoms with Crippen LogP contribution in [0.5, 0.6) is 5.75 Å². The molecule has 1 N–H and O–H groups in total. The Hall–Kier alpha value is -1.89. The quantitative estimate of drug-likeness (QED) is 0.587. The third-order valence-electron chi connectivity index (χ3n) is 5.79. The third-order valence-corrected chi connectivity index (χ3v) is 6.79. The Morgan fingerprint density at radius 1 is 1.26 bits per heavy atom. The summed E-state index contributed by atoms with van der Waals surface area (Å²) in [6.07, 6.45) is 1.40. The summed E-state index contributed by atoms with van der Waals surface area (Å²) in [4.78, 5) is 18.7. The summed E-state index contributed by atoms with van der Waals surface area (Å²) < 4.78 is 6.16. The molecule has 1 aromatic heterocycles. The molecule has 170 valence electrons. The van der Waals surface area contributed by atoms with Crippen LogP contribution in [-0.4, -0.2) is 59.7 Å². The maximum Gasteiger partial charge on any atom is 0.237 e. The monoisotopic (exact) mass is 444 g/mol. The molecule has 0 spiro atoms. The Balaban J connectivity index is 1.72. The van der Waals surface area contributed by atoms with E-state index in [1.165, 1.54) is 16.0 Å². The van der Waals surface area contributed by atoms with Gasteiger partial charge in [0, 0.05) is 18.0 Å². The fourth-order valence-electron chi connectivity index (χ4n) is 4.21. The lowest BCUT2D eigenvalue weighted by atomic mass is 10.00. The molecule has 2 heterocycles. The van der Waals surface area contributed by atoms with Crippen molar-refractivity contribution in [1.82, 2.24) is 9.80 Å². The molecule has 6 heteroatoms. The lowest BCUT2D eigenvalue weighted by Crippen LogP contribution is -2.47. The van der Waals surface area contributed by atoms with Gasteiger partial charge in [-0.2, -0.15) is 0 Å². The third kappa shape index (κ3) is 6.31. The van der Waals surface area contributed by atoms with E-state index in [2.05, 4.69) is 49.3 Å². The number of fused-ring (bicyclic) bond motifs is 1. The van der Waals surface area contributed by atoms with Crippen LogP contribution in [0.2, 0.25) is 0 Å². The van der Waals surface area contributed by atoms with Crippen LogP contribution in [0, 0.1) is 0 Å². The first-order valence-corrected chi connectivity index (χ1v) is 12.3. The average Bonchev–Trinajstić information content (AvgIpc) is 3.21. The maximum absolute atomic E-state index is 13.3. The molecule has 0 saturated carbocycles. The SMILES string of the molecule is CCCN(CC(=O)N1CCc2sccc2[C@H]1COc1ccc(C(C)C)cc1)C[C@H](C)O. The molecule has 1 aromatic carbocycles. The first-order chi connectivity index (χ1) is 14.9. The van der Waals surface area contributed by atoms with E-state index < -0.39 is 6.10 Å². The predicted octanol–water partition coefficient (Wildman–Crippen LogP) is 4.47. The first kappa shape index (κ1) is 23.8. The van der Waals surface area contributed by atoms with Gasteiger partial charge in [-0.1, -0.05) is 32.9 Å². The minimum atomic E-state index is -0.447. The number of carbonyl (C=O) groups excluding carboxylic acids is 1. The van der Waals surface area contributed by atoms with Gasteiger partial charge in [0.05, 0.1) is 18.7 Å². The van der Waals surface area contributed by atoms with Crippen molar-refractivity contribution in [2.45, 2.75) is 58.6 Å². The van der Waals surface area contributed by atoms with Crippen LogP contribution in [0.25, 0.3) is 0 Å². The van der Waals surface area contributed by atoms with Crippen molar-refractivity contribution in [2.75, 3.05) is 32.8 Å². The van der Waals surface area contributed by atoms with E-state index in [0.717, 1.165) is 25.1 Å². The molecule has 3 rings (SSSR count). The second-order valence-electron chi connectivity index (χ2n) is 8.77. The topological polar surface area (TPSA) is 53.0 Å². The summed E-state index contributed by atoms with van der Waals surface area (Å²) >= 11 is 1.76. The highest BCUT2D eigenvalue weighted by Crippen LogP contribution is 2.34. The van der Waals surface area contributed by atoms with Crippen LogP contribution >= 0.6 is 11.3 Å². The summed E-state index contributed by atoms with van der Waals surface area (Å²) in [7, 11) is 0. The standard InChI is InChI=1S/C25H36N2O3S/c1-5-12-26(15-19(4)28)16-25(29)27-13-10-24-22(11-14-31-24)23(27)17-30-21-8-6-20(7-9-21)18(2)3/h6-9,11,14,18-19,23,28H,5,10,12-13,15-17H2,1-4H3/t19-,23+/m0/s1. The normalized spacial score (nSPS) is 17.1. The number of hydrogen-bond acceptors (Lipinski definition) is 5. The minimum absolute atomic E-state index is 0.0812. The summed E-state index contributed by atoms with van der Waals surface area (Å²) in [5.74, 6) is 1.43. The molecule has 0 radical (unpaired) electrons. The lowest BCUT2D eigenvalue weighted by molar-refractivity contribution is -0.136. The van der Waals surface area contributed by atoms with E-state index in [1.54, 1.807) is 18.3 Å². The summed E-state index contributed by atoms with van der Waals surface area (Å²) in [5.41, 5.74) is 2.50. The number of hydrogen-bond donors (Lipinski definition) is 1. The zero-order chi connectivity index (χ0) is 22.4. The van der Waals surface area contributed by atoms with Gasteiger partial charge < -0.3 is 14.7 Å². The van der Waals surface area contributed by atoms with E-state index in [4.69, 9.17) is 4.74 Å². The van der Waals surface area contributed by atoms with Gasteiger partial charge in [-0.05, 0) is 66.9 Å². The van der Waals surface area contributed by atoms with Crippen LogP contribution in [0.1, 0.15) is 62.1 Å². The second-order valence-corrected chi connectivity index (χ2v) is 9.77. The van der Waals surface area contributed by atoms with Gasteiger partial charge in [0.2, 0.25) is 5.91 Å². The lowest BCUT2D eigenvalue weighted by Gasteiger charge is -2.37. The van der Waals surface area contributed by atoms with Gasteiger partial charge in [-0.3, -0.25) is 9.69 Å². The summed E-state index contributed by atoms with van der Waals surface area (Å²) in [6.45, 7) is 11.0. The van der Waals surface area contributed by atoms with Crippen LogP contribution in [0.15, 0.2) is 35.7 Å². The number of thiophene rings is 1. The van der Waals surface area contributed by atoms with Crippen molar-refractivity contribution in [1.29, 1.82) is 0 Å². The van der Waals surface area contributed by atoms with E-state index >= 15 is 0 Å². The maximum atomic E-state index is 13.3. The smallest absolute Gasteiger partial charge is 0.237 e. The molecule has 0 bridgehead atoms. The Bertz CT molecular complexity index is 832. The molecule has 1 aliphatic heterocycles. The number of benzene rings is 1. The number of aliphatic hydroxyl groups excluding tert-OH is 1. The largest absolute Gasteiger partial charge is 0.491 e. The van der Waals surface area contributed by atoms with Crippen molar-refractivity contribution >= 4 is 17.2 Å². The fraction of sp³-hybridized carbons (Fsp3) is 0.560. The molecule has 2 atom stereocenters. The highest BCUT2D eigenvalue weighted by molar-refractivity contribution is 7.10. The molecule has 2 aromatic rings. The zero-order valence-corrected chi connectivity index (χ0v) is 20.0. The highest BCUT2D eigenvalue weighted by atomic mass is 32.1. The van der Waals surface area contributed by atoms with E-state index in [0.29, 0.717) is 32.2 Å². The fourth-order valence-corrected chi connectivity index (χ4v) is 5.13. The Morgan fingerprint density at radius 2 is 2.00 bits per heavy atom. The number of aliphatic hydroxyl groups is 1. The van der Waals surface area contributed by atoms with Crippen molar-refractivity contribution in [2.24, 2.45) is 0 Å². The number of rotatable bonds is 10. The molecule has 0 aliphatic carbocycles. The van der Waals surface area contributed by atoms with E-state index in [1.807, 2.05) is 17.0 Å². The Kier molecular flexibility index (Phi) is 8.52. The van der Waals surface area contributed by atoms with Crippen LogP contribution < -0.4 is 4.74 Å². The van der Waals surface area contributed by atoms with Gasteiger partial charge in [0.1, 0.15) is 12.4 Å². The van der Waals surface area contributed by atoms with Crippen molar-refractivity contribution < 1.29 is 14.6 Å². The molecule has 31 heavy (non-hydrogen) atoms. The van der Waals surface area contributed by atoms with Crippen LogP contribution in [-0.2, 0) is 11.2 Å². The molecular weight excluding hydrogens is 408 g/mol. The van der Waals surface area contributed by atoms with Gasteiger partial charge in [-0.25, -0.2) is 0 Å². The molecule has 0 unspecified atom stereocenters. The van der Waals surface area contributed by atoms with Gasteiger partial charge in [-0.15, -0.1) is 11.3 Å². The van der Waals surface area contributed by atoms with Crippen molar-refractivity contribution in [3.63, 3.8) is 0 Å². The molecule has 0 fully saturated rings. The average molecular weight is 445 g/mol. The van der Waals surface area contributed by atoms with E-state index in [9.17, 15) is 9.90 Å². The summed E-state index contributed by atoms with van der Waals surface area (Å²) in [6, 6.07) is 10.3. The second kappa shape index (κ2) is 11.1. The van der Waals surface area contributed by atoms with Crippen LogP contribution in [0.4, 0.5) is 0 Å². The predicted molar refractivity (Wildman–Crippen MR) is 127 cm³/mol. The molecule has 5 nitrogen and oxygen atoms in total. The van der Waals surface area contributed by atoms with Crippen molar-refractivity contribution in [3.05, 3.63) is 51.7 Å². The number of nitrogens with zero attached hydrogens (tertiary/aromatic N) is 2. The molecule has 1 amide bonds. The number of ether oxygens (including phenoxy) is 1. The first-order valence-electron chi connectivity index (χ1n) is 11.4. The highest BCUT2D eigenvalue weighted by Gasteiger charge is 2.32. The van der Waals surface area contributed by atoms with Gasteiger partial charge >= 0.3 is 0 Å². The van der Waals surface area contributed by atoms with E-state index in [-0.39, 0.29) is 11.9 Å². The zero-order valence-electron chi connectivity index (χ0n) is 19.2. The van der Waals surface area contributed by atoms with Crippen LogP contribution in [0.3, 0.4) is 0 Å². The molecule has 0 saturated heterocycles. The summed E-state index contributed by atoms with van der Waals surface area (Å²) in [5, 5.41) is 11.9.